The molecule has 2 N–H and O–H groups in total. The van der Waals surface area contributed by atoms with Crippen LogP contribution in [-0.2, 0) is 15.2 Å². The lowest BCUT2D eigenvalue weighted by atomic mass is 9.78. The molecule has 1 aromatic heterocycles. The topological polar surface area (TPSA) is 97.1 Å². The van der Waals surface area contributed by atoms with Crippen LogP contribution in [0.3, 0.4) is 0 Å². The number of carbonyl (C=O) groups is 2. The first-order valence-electron chi connectivity index (χ1n) is 6.07. The van der Waals surface area contributed by atoms with Crippen LogP contribution in [0.4, 0.5) is 0 Å². The summed E-state index contributed by atoms with van der Waals surface area (Å²) in [6.07, 6.45) is 4.67. The highest BCUT2D eigenvalue weighted by atomic mass is 16.3. The zero-order chi connectivity index (χ0) is 12.8. The summed E-state index contributed by atoms with van der Waals surface area (Å²) in [5.41, 5.74) is -0.363. The molecular formula is C11H14N4O3. The monoisotopic (exact) mass is 250 g/mol. The van der Waals surface area contributed by atoms with Crippen molar-refractivity contribution in [1.29, 1.82) is 0 Å². The highest BCUT2D eigenvalue weighted by Crippen LogP contribution is 2.40. The van der Waals surface area contributed by atoms with E-state index in [1.807, 2.05) is 0 Å². The molecule has 2 amide bonds. The van der Waals surface area contributed by atoms with Crippen molar-refractivity contribution in [1.82, 2.24) is 20.3 Å². The minimum absolute atomic E-state index is 0.255. The molecule has 1 aliphatic carbocycles. The van der Waals surface area contributed by atoms with Crippen LogP contribution in [0.2, 0.25) is 0 Å². The molecule has 18 heavy (non-hydrogen) atoms. The number of amides is 2. The SMILES string of the molecule is O=C1CCC(n2cc(C3(O)CCC3)nn2)C(=O)N1. The summed E-state index contributed by atoms with van der Waals surface area (Å²) >= 11 is 0. The summed E-state index contributed by atoms with van der Waals surface area (Å²) < 4.78 is 1.44. The highest BCUT2D eigenvalue weighted by molar-refractivity contribution is 5.99. The van der Waals surface area contributed by atoms with Gasteiger partial charge >= 0.3 is 0 Å². The Labute approximate surface area is 103 Å². The number of nitrogens with one attached hydrogen (secondary N) is 1. The molecule has 1 saturated carbocycles. The van der Waals surface area contributed by atoms with Crippen LogP contribution >= 0.6 is 0 Å². The number of nitrogens with zero attached hydrogens (tertiary/aromatic N) is 3. The Morgan fingerprint density at radius 3 is 2.83 bits per heavy atom. The molecule has 0 radical (unpaired) electrons. The van der Waals surface area contributed by atoms with Gasteiger partial charge in [-0.15, -0.1) is 5.10 Å². The molecule has 1 saturated heterocycles. The van der Waals surface area contributed by atoms with Gasteiger partial charge in [-0.2, -0.15) is 0 Å². The second-order valence-electron chi connectivity index (χ2n) is 4.94. The number of aliphatic hydroxyl groups is 1. The number of hydrogen-bond acceptors (Lipinski definition) is 5. The molecule has 3 rings (SSSR count). The fourth-order valence-electron chi connectivity index (χ4n) is 2.34. The normalized spacial score (nSPS) is 26.6. The Kier molecular flexibility index (Phi) is 2.44. The number of aromatic nitrogens is 3. The summed E-state index contributed by atoms with van der Waals surface area (Å²) in [4.78, 5) is 22.7. The van der Waals surface area contributed by atoms with E-state index in [0.29, 0.717) is 31.4 Å². The van der Waals surface area contributed by atoms with Gasteiger partial charge in [-0.05, 0) is 25.7 Å². The second-order valence-corrected chi connectivity index (χ2v) is 4.94. The van der Waals surface area contributed by atoms with Crippen molar-refractivity contribution in [2.45, 2.75) is 43.7 Å². The maximum atomic E-state index is 11.7. The molecule has 2 fully saturated rings. The van der Waals surface area contributed by atoms with Crippen molar-refractivity contribution in [3.05, 3.63) is 11.9 Å². The number of hydrogen-bond donors (Lipinski definition) is 2. The van der Waals surface area contributed by atoms with Gasteiger partial charge in [-0.25, -0.2) is 4.68 Å². The Balaban J connectivity index is 1.81. The van der Waals surface area contributed by atoms with Gasteiger partial charge in [-0.3, -0.25) is 14.9 Å². The third kappa shape index (κ3) is 1.71. The Bertz CT molecular complexity index is 506. The molecule has 0 bridgehead atoms. The van der Waals surface area contributed by atoms with E-state index in [2.05, 4.69) is 15.6 Å². The Morgan fingerprint density at radius 2 is 2.22 bits per heavy atom. The van der Waals surface area contributed by atoms with Gasteiger partial charge in [0.15, 0.2) is 0 Å². The van der Waals surface area contributed by atoms with E-state index >= 15 is 0 Å². The number of rotatable bonds is 2. The first-order chi connectivity index (χ1) is 8.58. The van der Waals surface area contributed by atoms with Crippen molar-refractivity contribution >= 4 is 11.8 Å². The van der Waals surface area contributed by atoms with Gasteiger partial charge in [-0.1, -0.05) is 5.21 Å². The molecular weight excluding hydrogens is 236 g/mol. The smallest absolute Gasteiger partial charge is 0.251 e. The Hall–Kier alpha value is -1.76. The van der Waals surface area contributed by atoms with Crippen LogP contribution in [0.5, 0.6) is 0 Å². The van der Waals surface area contributed by atoms with Crippen LogP contribution in [0, 0.1) is 0 Å². The number of carbonyl (C=O) groups excluding carboxylic acids is 2. The zero-order valence-electron chi connectivity index (χ0n) is 9.80. The molecule has 0 aromatic carbocycles. The summed E-state index contributed by atoms with van der Waals surface area (Å²) in [6.45, 7) is 0. The lowest BCUT2D eigenvalue weighted by Crippen LogP contribution is -2.42. The second kappa shape index (κ2) is 3.88. The largest absolute Gasteiger partial charge is 0.383 e. The third-order valence-electron chi connectivity index (χ3n) is 3.70. The van der Waals surface area contributed by atoms with Gasteiger partial charge in [0.1, 0.15) is 17.3 Å². The maximum absolute atomic E-state index is 11.7. The van der Waals surface area contributed by atoms with Crippen LogP contribution in [0.1, 0.15) is 43.8 Å². The molecule has 0 spiro atoms. The van der Waals surface area contributed by atoms with Crippen molar-refractivity contribution in [2.75, 3.05) is 0 Å². The summed E-state index contributed by atoms with van der Waals surface area (Å²) in [7, 11) is 0. The first-order valence-corrected chi connectivity index (χ1v) is 6.07. The van der Waals surface area contributed by atoms with Crippen molar-refractivity contribution in [3.8, 4) is 0 Å². The van der Waals surface area contributed by atoms with Gasteiger partial charge in [0.2, 0.25) is 5.91 Å². The highest BCUT2D eigenvalue weighted by Gasteiger charge is 2.40. The minimum atomic E-state index is -0.876. The fourth-order valence-corrected chi connectivity index (χ4v) is 2.34. The lowest BCUT2D eigenvalue weighted by molar-refractivity contribution is -0.136. The number of piperidine rings is 1. The average Bonchev–Trinajstić information content (AvgIpc) is 2.75. The standard InChI is InChI=1S/C11H14N4O3/c16-9-3-2-7(10(17)12-9)15-6-8(13-14-15)11(18)4-1-5-11/h6-7,18H,1-5H2,(H,12,16,17). The van der Waals surface area contributed by atoms with Crippen molar-refractivity contribution < 1.29 is 14.7 Å². The van der Waals surface area contributed by atoms with E-state index in [-0.39, 0.29) is 11.8 Å². The minimum Gasteiger partial charge on any atom is -0.383 e. The first kappa shape index (κ1) is 11.3. The van der Waals surface area contributed by atoms with Crippen molar-refractivity contribution in [3.63, 3.8) is 0 Å². The molecule has 2 heterocycles. The Morgan fingerprint density at radius 1 is 1.44 bits per heavy atom. The third-order valence-corrected chi connectivity index (χ3v) is 3.70. The molecule has 96 valence electrons. The van der Waals surface area contributed by atoms with Gasteiger partial charge < -0.3 is 5.11 Å². The van der Waals surface area contributed by atoms with E-state index in [4.69, 9.17) is 0 Å². The summed E-state index contributed by atoms with van der Waals surface area (Å²) in [6, 6.07) is -0.507. The van der Waals surface area contributed by atoms with Crippen molar-refractivity contribution in [2.24, 2.45) is 0 Å². The number of imide groups is 1. The van der Waals surface area contributed by atoms with Crippen LogP contribution in [-0.4, -0.2) is 31.9 Å². The fraction of sp³-hybridized carbons (Fsp3) is 0.636. The van der Waals surface area contributed by atoms with Gasteiger partial charge in [0.05, 0.1) is 6.20 Å². The van der Waals surface area contributed by atoms with Gasteiger partial charge in [0.25, 0.3) is 5.91 Å². The quantitative estimate of drug-likeness (QED) is 0.698. The molecule has 7 nitrogen and oxygen atoms in total. The molecule has 1 atom stereocenters. The molecule has 7 heteroatoms. The van der Waals surface area contributed by atoms with Crippen LogP contribution < -0.4 is 5.32 Å². The van der Waals surface area contributed by atoms with Crippen LogP contribution in [0.15, 0.2) is 6.20 Å². The van der Waals surface area contributed by atoms with E-state index in [9.17, 15) is 14.7 Å². The van der Waals surface area contributed by atoms with E-state index < -0.39 is 11.6 Å². The lowest BCUT2D eigenvalue weighted by Gasteiger charge is -2.34. The molecule has 1 aromatic rings. The maximum Gasteiger partial charge on any atom is 0.251 e. The molecule has 2 aliphatic rings. The van der Waals surface area contributed by atoms with E-state index in [1.165, 1.54) is 4.68 Å². The van der Waals surface area contributed by atoms with E-state index in [1.54, 1.807) is 6.20 Å². The predicted molar refractivity (Wildman–Crippen MR) is 59.2 cm³/mol. The summed E-state index contributed by atoms with van der Waals surface area (Å²) in [5, 5.41) is 20.2. The zero-order valence-corrected chi connectivity index (χ0v) is 9.80. The van der Waals surface area contributed by atoms with Crippen LogP contribution in [0.25, 0.3) is 0 Å². The van der Waals surface area contributed by atoms with Gasteiger partial charge in [0, 0.05) is 6.42 Å². The van der Waals surface area contributed by atoms with E-state index in [0.717, 1.165) is 6.42 Å². The predicted octanol–water partition coefficient (Wildman–Crippen LogP) is -0.373. The summed E-state index contributed by atoms with van der Waals surface area (Å²) in [5.74, 6) is -0.613. The molecule has 1 aliphatic heterocycles. The molecule has 1 unspecified atom stereocenters. The average molecular weight is 250 g/mol.